The van der Waals surface area contributed by atoms with Crippen LogP contribution in [-0.4, -0.2) is 78.2 Å². The summed E-state index contributed by atoms with van der Waals surface area (Å²) < 4.78 is 35.6. The molecule has 0 unspecified atom stereocenters. The molecule has 0 aromatic heterocycles. The van der Waals surface area contributed by atoms with Gasteiger partial charge in [-0.3, -0.25) is 9.18 Å². The van der Waals surface area contributed by atoms with Crippen molar-refractivity contribution < 1.29 is 27.6 Å². The molecule has 3 aliphatic rings. The van der Waals surface area contributed by atoms with Gasteiger partial charge in [-0.2, -0.15) is 8.42 Å². The van der Waals surface area contributed by atoms with E-state index in [0.717, 1.165) is 30.2 Å². The number of aliphatic hydroxyl groups is 2. The topological polar surface area (TPSA) is 109 Å². The van der Waals surface area contributed by atoms with Crippen molar-refractivity contribution >= 4 is 27.0 Å². The molecule has 0 amide bonds. The van der Waals surface area contributed by atoms with Gasteiger partial charge < -0.3 is 19.8 Å². The fourth-order valence-corrected chi connectivity index (χ4v) is 5.34. The first-order valence-electron chi connectivity index (χ1n) is 8.82. The highest BCUT2D eigenvalue weighted by Gasteiger charge is 2.49. The molecular formula is C17H22N2O6S2. The molecule has 0 spiro atoms. The van der Waals surface area contributed by atoms with E-state index in [0.29, 0.717) is 0 Å². The van der Waals surface area contributed by atoms with E-state index in [1.807, 2.05) is 6.92 Å². The second-order valence-electron chi connectivity index (χ2n) is 6.94. The van der Waals surface area contributed by atoms with E-state index in [1.165, 1.54) is 23.9 Å². The zero-order chi connectivity index (χ0) is 19.2. The minimum absolute atomic E-state index is 0.0375. The Labute approximate surface area is 162 Å². The number of thioether (sulfide) groups is 1. The predicted octanol–water partition coefficient (Wildman–Crippen LogP) is 0.324. The molecule has 0 bridgehead atoms. The standard InChI is InChI=1S/C17H22N2O6S2/c1-10-3-5-11(6-4-10)27(22,23)24-9-12-14(20)15(21)13-16(25-12)26-17(18-13)19-7-2-8-19/h3-6,12-16,20-21H,2,7-9H2,1H3/t12-,13-,14-,15-,16-/m1/s1. The molecule has 0 radical (unpaired) electrons. The van der Waals surface area contributed by atoms with E-state index in [9.17, 15) is 18.6 Å². The van der Waals surface area contributed by atoms with Gasteiger partial charge in [0.1, 0.15) is 29.8 Å². The lowest BCUT2D eigenvalue weighted by Crippen LogP contribution is -2.56. The Hall–Kier alpha value is -1.17. The van der Waals surface area contributed by atoms with Crippen LogP contribution < -0.4 is 0 Å². The van der Waals surface area contributed by atoms with Crippen LogP contribution in [0.15, 0.2) is 34.2 Å². The van der Waals surface area contributed by atoms with E-state index in [1.54, 1.807) is 12.1 Å². The number of fused-ring (bicyclic) bond motifs is 1. The van der Waals surface area contributed by atoms with E-state index in [-0.39, 0.29) is 11.5 Å². The third-order valence-electron chi connectivity index (χ3n) is 4.97. The van der Waals surface area contributed by atoms with E-state index in [4.69, 9.17) is 8.92 Å². The van der Waals surface area contributed by atoms with Crippen LogP contribution in [0.4, 0.5) is 0 Å². The molecule has 3 heterocycles. The highest BCUT2D eigenvalue weighted by Crippen LogP contribution is 2.38. The van der Waals surface area contributed by atoms with Crippen LogP contribution in [-0.2, 0) is 19.0 Å². The summed E-state index contributed by atoms with van der Waals surface area (Å²) in [6.07, 6.45) is -2.26. The maximum Gasteiger partial charge on any atom is 0.297 e. The molecule has 4 rings (SSSR count). The van der Waals surface area contributed by atoms with Gasteiger partial charge in [-0.15, -0.1) is 0 Å². The molecule has 1 aromatic rings. The van der Waals surface area contributed by atoms with Gasteiger partial charge in [0.15, 0.2) is 5.17 Å². The van der Waals surface area contributed by atoms with Gasteiger partial charge in [0.2, 0.25) is 0 Å². The molecule has 0 aliphatic carbocycles. The molecule has 2 saturated heterocycles. The summed E-state index contributed by atoms with van der Waals surface area (Å²) >= 11 is 1.40. The molecular weight excluding hydrogens is 392 g/mol. The number of rotatable bonds is 4. The maximum absolute atomic E-state index is 12.3. The number of likely N-dealkylation sites (tertiary alicyclic amines) is 1. The number of amidine groups is 1. The van der Waals surface area contributed by atoms with Crippen molar-refractivity contribution in [1.82, 2.24) is 4.90 Å². The highest BCUT2D eigenvalue weighted by atomic mass is 32.2. The lowest BCUT2D eigenvalue weighted by atomic mass is 9.99. The number of nitrogens with zero attached hydrogens (tertiary/aromatic N) is 2. The van der Waals surface area contributed by atoms with E-state index < -0.39 is 39.9 Å². The number of benzene rings is 1. The number of aliphatic imine (C=N–C) groups is 1. The van der Waals surface area contributed by atoms with Crippen molar-refractivity contribution in [2.24, 2.45) is 4.99 Å². The highest BCUT2D eigenvalue weighted by molar-refractivity contribution is 8.14. The minimum Gasteiger partial charge on any atom is -0.388 e. The third kappa shape index (κ3) is 3.74. The van der Waals surface area contributed by atoms with Gasteiger partial charge in [-0.25, -0.2) is 0 Å². The van der Waals surface area contributed by atoms with Gasteiger partial charge in [0.25, 0.3) is 10.1 Å². The molecule has 2 fully saturated rings. The molecule has 3 aliphatic heterocycles. The van der Waals surface area contributed by atoms with Crippen molar-refractivity contribution in [3.05, 3.63) is 29.8 Å². The molecule has 8 nitrogen and oxygen atoms in total. The van der Waals surface area contributed by atoms with Crippen LogP contribution >= 0.6 is 11.8 Å². The first-order chi connectivity index (χ1) is 12.8. The Bertz CT molecular complexity index is 824. The quantitative estimate of drug-likeness (QED) is 0.679. The summed E-state index contributed by atoms with van der Waals surface area (Å²) in [6, 6.07) is 5.73. The summed E-state index contributed by atoms with van der Waals surface area (Å²) in [7, 11) is -3.97. The summed E-state index contributed by atoms with van der Waals surface area (Å²) in [5.41, 5.74) is 0.472. The number of ether oxygens (including phenoxy) is 1. The average Bonchev–Trinajstić information content (AvgIpc) is 2.99. The first-order valence-corrected chi connectivity index (χ1v) is 11.1. The Kier molecular flexibility index (Phi) is 5.21. The van der Waals surface area contributed by atoms with Crippen LogP contribution in [0, 0.1) is 6.92 Å². The molecule has 2 N–H and O–H groups in total. The zero-order valence-corrected chi connectivity index (χ0v) is 16.4. The monoisotopic (exact) mass is 414 g/mol. The Balaban J connectivity index is 1.41. The van der Waals surface area contributed by atoms with Crippen LogP contribution in [0.25, 0.3) is 0 Å². The van der Waals surface area contributed by atoms with Crippen molar-refractivity contribution in [3.8, 4) is 0 Å². The van der Waals surface area contributed by atoms with Gasteiger partial charge in [0.05, 0.1) is 11.5 Å². The smallest absolute Gasteiger partial charge is 0.297 e. The first kappa shape index (κ1) is 19.2. The average molecular weight is 415 g/mol. The fourth-order valence-electron chi connectivity index (χ4n) is 3.14. The molecule has 1 aromatic carbocycles. The predicted molar refractivity (Wildman–Crippen MR) is 100.0 cm³/mol. The lowest BCUT2D eigenvalue weighted by Gasteiger charge is -2.38. The number of hydrogen-bond donors (Lipinski definition) is 2. The second-order valence-corrected chi connectivity index (χ2v) is 9.62. The normalized spacial score (nSPS) is 33.4. The zero-order valence-electron chi connectivity index (χ0n) is 14.8. The minimum atomic E-state index is -3.97. The Morgan fingerprint density at radius 1 is 1.26 bits per heavy atom. The largest absolute Gasteiger partial charge is 0.388 e. The van der Waals surface area contributed by atoms with Crippen molar-refractivity contribution in [2.45, 2.75) is 48.0 Å². The van der Waals surface area contributed by atoms with Crippen LogP contribution in [0.2, 0.25) is 0 Å². The molecule has 0 saturated carbocycles. The van der Waals surface area contributed by atoms with E-state index >= 15 is 0 Å². The summed E-state index contributed by atoms with van der Waals surface area (Å²) in [5, 5.41) is 21.6. The van der Waals surface area contributed by atoms with Crippen LogP contribution in [0.3, 0.4) is 0 Å². The Morgan fingerprint density at radius 2 is 1.96 bits per heavy atom. The molecule has 27 heavy (non-hydrogen) atoms. The fraction of sp³-hybridized carbons (Fsp3) is 0.588. The van der Waals surface area contributed by atoms with Crippen LogP contribution in [0.5, 0.6) is 0 Å². The summed E-state index contributed by atoms with van der Waals surface area (Å²) in [6.45, 7) is 3.32. The van der Waals surface area contributed by atoms with Crippen LogP contribution in [0.1, 0.15) is 12.0 Å². The number of aliphatic hydroxyl groups excluding tert-OH is 2. The van der Waals surface area contributed by atoms with Crippen molar-refractivity contribution in [2.75, 3.05) is 19.7 Å². The third-order valence-corrected chi connectivity index (χ3v) is 7.47. The van der Waals surface area contributed by atoms with Crippen molar-refractivity contribution in [3.63, 3.8) is 0 Å². The van der Waals surface area contributed by atoms with Crippen molar-refractivity contribution in [1.29, 1.82) is 0 Å². The van der Waals surface area contributed by atoms with E-state index in [2.05, 4.69) is 9.89 Å². The lowest BCUT2D eigenvalue weighted by molar-refractivity contribution is -0.161. The molecule has 148 valence electrons. The molecule has 10 heteroatoms. The van der Waals surface area contributed by atoms with Gasteiger partial charge in [-0.1, -0.05) is 29.5 Å². The Morgan fingerprint density at radius 3 is 2.59 bits per heavy atom. The number of aryl methyl sites for hydroxylation is 1. The summed E-state index contributed by atoms with van der Waals surface area (Å²) in [5.74, 6) is 0. The van der Waals surface area contributed by atoms with Gasteiger partial charge in [0, 0.05) is 13.1 Å². The second kappa shape index (κ2) is 7.34. The van der Waals surface area contributed by atoms with Gasteiger partial charge >= 0.3 is 0 Å². The molecule has 5 atom stereocenters. The SMILES string of the molecule is Cc1ccc(S(=O)(=O)OC[C@H]2O[C@@H]3SC(N4CCC4)=N[C@@H]3[C@@H](O)[C@@H]2O)cc1. The maximum atomic E-state index is 12.3. The number of hydrogen-bond acceptors (Lipinski definition) is 9. The summed E-state index contributed by atoms with van der Waals surface area (Å²) in [4.78, 5) is 6.61. The van der Waals surface area contributed by atoms with Gasteiger partial charge in [-0.05, 0) is 25.5 Å².